The highest BCUT2D eigenvalue weighted by atomic mass is 28.4. The van der Waals surface area contributed by atoms with E-state index in [2.05, 4.69) is 34.6 Å². The van der Waals surface area contributed by atoms with Gasteiger partial charge in [-0.05, 0) is 24.1 Å². The molecule has 0 unspecified atom stereocenters. The van der Waals surface area contributed by atoms with Crippen LogP contribution in [0, 0.1) is 0 Å². The monoisotopic (exact) mass is 370 g/mol. The highest BCUT2D eigenvalue weighted by Gasteiger charge is 2.44. The number of hydrogen-bond acceptors (Lipinski definition) is 3. The van der Waals surface area contributed by atoms with Crippen LogP contribution in [-0.2, 0) is 14.0 Å². The first kappa shape index (κ1) is 23.9. The molecule has 0 amide bonds. The van der Waals surface area contributed by atoms with Gasteiger partial charge in [0.2, 0.25) is 0 Å². The minimum Gasteiger partial charge on any atom is -0.518 e. The average molecular weight is 371 g/mol. The quantitative estimate of drug-likeness (QED) is 0.242. The molecule has 0 fully saturated rings. The zero-order valence-corrected chi connectivity index (χ0v) is 18.1. The number of carboxylic acids is 1. The van der Waals surface area contributed by atoms with E-state index in [4.69, 9.17) is 9.53 Å². The van der Waals surface area contributed by atoms with Gasteiger partial charge in [-0.15, -0.1) is 0 Å². The van der Waals surface area contributed by atoms with Gasteiger partial charge in [-0.2, -0.15) is 0 Å². The Morgan fingerprint density at radius 1 is 1.00 bits per heavy atom. The lowest BCUT2D eigenvalue weighted by Gasteiger charge is -2.38. The summed E-state index contributed by atoms with van der Waals surface area (Å²) in [5.74, 6) is -1.27. The van der Waals surface area contributed by atoms with Crippen LogP contribution in [0.3, 0.4) is 0 Å². The molecule has 0 bridgehead atoms. The number of carbonyl (C=O) groups is 2. The van der Waals surface area contributed by atoms with Gasteiger partial charge < -0.3 is 9.53 Å². The summed E-state index contributed by atoms with van der Waals surface area (Å²) in [7, 11) is -2.21. The third-order valence-corrected chi connectivity index (χ3v) is 10.7. The third-order valence-electron chi connectivity index (χ3n) is 5.09. The minimum absolute atomic E-state index is 0.0445. The van der Waals surface area contributed by atoms with Gasteiger partial charge in [-0.25, -0.2) is 4.79 Å². The summed E-state index contributed by atoms with van der Waals surface area (Å²) in [5.41, 5.74) is 0.905. The fourth-order valence-electron chi connectivity index (χ4n) is 3.29. The molecule has 0 aliphatic carbocycles. The molecule has 146 valence electrons. The smallest absolute Gasteiger partial charge is 0.330 e. The van der Waals surface area contributed by atoms with Crippen LogP contribution < -0.4 is 0 Å². The molecule has 0 aromatic heterocycles. The Kier molecular flexibility index (Phi) is 11.7. The summed E-state index contributed by atoms with van der Waals surface area (Å²) in [4.78, 5) is 23.2. The molecule has 0 aliphatic rings. The lowest BCUT2D eigenvalue weighted by molar-refractivity contribution is -0.134. The highest BCUT2D eigenvalue weighted by Crippen LogP contribution is 2.38. The maximum absolute atomic E-state index is 12.3. The molecule has 1 N–H and O–H groups in total. The first-order valence-corrected chi connectivity index (χ1v) is 12.1. The van der Waals surface area contributed by atoms with Crippen molar-refractivity contribution in [2.24, 2.45) is 0 Å². The Labute approximate surface area is 155 Å². The summed E-state index contributed by atoms with van der Waals surface area (Å²) >= 11 is 0. The largest absolute Gasteiger partial charge is 0.518 e. The normalized spacial score (nSPS) is 12.7. The number of carbonyl (C=O) groups excluding carboxylic acids is 1. The second kappa shape index (κ2) is 12.3. The molecule has 0 saturated carbocycles. The van der Waals surface area contributed by atoms with Crippen LogP contribution in [0.4, 0.5) is 0 Å². The van der Waals surface area contributed by atoms with Crippen molar-refractivity contribution < 1.29 is 19.1 Å². The molecule has 5 heteroatoms. The predicted molar refractivity (Wildman–Crippen MR) is 106 cm³/mol. The van der Waals surface area contributed by atoms with E-state index >= 15 is 0 Å². The van der Waals surface area contributed by atoms with Gasteiger partial charge >= 0.3 is 5.97 Å². The van der Waals surface area contributed by atoms with Gasteiger partial charge in [-0.1, -0.05) is 79.2 Å². The summed E-state index contributed by atoms with van der Waals surface area (Å²) in [6.45, 7) is 12.4. The second-order valence-corrected chi connectivity index (χ2v) is 12.6. The summed E-state index contributed by atoms with van der Waals surface area (Å²) < 4.78 is 6.08. The predicted octanol–water partition coefficient (Wildman–Crippen LogP) is 6.08. The molecule has 0 aromatic carbocycles. The molecule has 0 spiro atoms. The third kappa shape index (κ3) is 8.70. The maximum atomic E-state index is 12.3. The van der Waals surface area contributed by atoms with Gasteiger partial charge in [0.15, 0.2) is 0 Å². The van der Waals surface area contributed by atoms with Crippen molar-refractivity contribution in [3.05, 3.63) is 11.6 Å². The topological polar surface area (TPSA) is 63.6 Å². The molecular weight excluding hydrogens is 332 g/mol. The van der Waals surface area contributed by atoms with Crippen LogP contribution in [0.15, 0.2) is 11.6 Å². The van der Waals surface area contributed by atoms with Crippen molar-refractivity contribution in [3.8, 4) is 0 Å². The number of aliphatic carboxylic acids is 1. The first-order chi connectivity index (χ1) is 11.7. The second-order valence-electron chi connectivity index (χ2n) is 7.65. The van der Waals surface area contributed by atoms with Gasteiger partial charge in [0, 0.05) is 5.57 Å². The molecular formula is C20H38O4Si. The molecule has 25 heavy (non-hydrogen) atoms. The molecule has 4 nitrogen and oxygen atoms in total. The Bertz CT molecular complexity index is 433. The molecule has 0 saturated heterocycles. The number of hydrogen-bond donors (Lipinski definition) is 1. The fourth-order valence-corrected chi connectivity index (χ4v) is 7.66. The lowest BCUT2D eigenvalue weighted by Crippen LogP contribution is -2.46. The van der Waals surface area contributed by atoms with Crippen LogP contribution in [0.1, 0.15) is 86.5 Å². The molecule has 0 rings (SSSR count). The van der Waals surface area contributed by atoms with Gasteiger partial charge in [0.1, 0.15) is 0 Å². The van der Waals surface area contributed by atoms with E-state index < -0.39 is 14.3 Å². The van der Waals surface area contributed by atoms with Crippen molar-refractivity contribution in [2.75, 3.05) is 0 Å². The summed E-state index contributed by atoms with van der Waals surface area (Å²) in [6.07, 6.45) is 8.89. The Morgan fingerprint density at radius 2 is 1.52 bits per heavy atom. The molecule has 0 atom stereocenters. The summed E-state index contributed by atoms with van der Waals surface area (Å²) in [5, 5.41) is 8.90. The highest BCUT2D eigenvalue weighted by molar-refractivity contribution is 6.77. The van der Waals surface area contributed by atoms with E-state index in [-0.39, 0.29) is 18.0 Å². The van der Waals surface area contributed by atoms with Crippen LogP contribution in [0.2, 0.25) is 17.1 Å². The van der Waals surface area contributed by atoms with Crippen LogP contribution in [0.5, 0.6) is 0 Å². The number of carboxylic acid groups (broad SMARTS) is 1. The van der Waals surface area contributed by atoms with Crippen LogP contribution in [0.25, 0.3) is 0 Å². The van der Waals surface area contributed by atoms with E-state index in [0.717, 1.165) is 12.5 Å². The molecule has 0 aromatic rings. The Balaban J connectivity index is 4.83. The van der Waals surface area contributed by atoms with E-state index in [0.29, 0.717) is 11.1 Å². The SMILES string of the molecule is CCCCCCCC[Si](OC(=O)CC=C(C)C(=O)O)(C(C)C)C(C)C. The molecule has 0 heterocycles. The van der Waals surface area contributed by atoms with Gasteiger partial charge in [-0.3, -0.25) is 4.79 Å². The van der Waals surface area contributed by atoms with Crippen molar-refractivity contribution >= 4 is 20.3 Å². The minimum atomic E-state index is -2.21. The zero-order valence-electron chi connectivity index (χ0n) is 17.1. The van der Waals surface area contributed by atoms with E-state index in [1.165, 1.54) is 45.1 Å². The summed E-state index contributed by atoms with van der Waals surface area (Å²) in [6, 6.07) is 1.00. The zero-order chi connectivity index (χ0) is 19.5. The van der Waals surface area contributed by atoms with Crippen molar-refractivity contribution in [1.82, 2.24) is 0 Å². The lowest BCUT2D eigenvalue weighted by atomic mass is 10.1. The van der Waals surface area contributed by atoms with Crippen molar-refractivity contribution in [1.29, 1.82) is 0 Å². The maximum Gasteiger partial charge on any atom is 0.330 e. The van der Waals surface area contributed by atoms with E-state index in [1.54, 1.807) is 0 Å². The average Bonchev–Trinajstić information content (AvgIpc) is 2.53. The van der Waals surface area contributed by atoms with Crippen molar-refractivity contribution in [2.45, 2.75) is 104 Å². The van der Waals surface area contributed by atoms with Crippen LogP contribution in [-0.4, -0.2) is 25.4 Å². The number of rotatable bonds is 13. The van der Waals surface area contributed by atoms with E-state index in [9.17, 15) is 9.59 Å². The fraction of sp³-hybridized carbons (Fsp3) is 0.800. The van der Waals surface area contributed by atoms with E-state index in [1.807, 2.05) is 0 Å². The molecule has 0 radical (unpaired) electrons. The first-order valence-electron chi connectivity index (χ1n) is 9.79. The number of unbranched alkanes of at least 4 members (excludes halogenated alkanes) is 5. The van der Waals surface area contributed by atoms with Gasteiger partial charge in [0.25, 0.3) is 14.3 Å². The van der Waals surface area contributed by atoms with Crippen molar-refractivity contribution in [3.63, 3.8) is 0 Å². The van der Waals surface area contributed by atoms with Gasteiger partial charge in [0.05, 0.1) is 6.42 Å². The Hall–Kier alpha value is -1.10. The van der Waals surface area contributed by atoms with Crippen LogP contribution >= 0.6 is 0 Å². The Morgan fingerprint density at radius 3 is 2.00 bits per heavy atom. The standard InChI is InChI=1S/C20H38O4Si/c1-7-8-9-10-11-12-15-25(16(2)3,17(4)5)24-19(21)14-13-18(6)20(22)23/h13,16-17H,7-12,14-15H2,1-6H3,(H,22,23). The molecule has 0 aliphatic heterocycles.